The molecular formula is C15H19FN2O2. The Morgan fingerprint density at radius 3 is 2.60 bits per heavy atom. The van der Waals surface area contributed by atoms with Crippen LogP contribution < -0.4 is 5.32 Å². The van der Waals surface area contributed by atoms with E-state index in [-0.39, 0.29) is 6.04 Å². The largest absolute Gasteiger partial charge is 0.335 e. The molecule has 108 valence electrons. The molecule has 1 fully saturated rings. The summed E-state index contributed by atoms with van der Waals surface area (Å²) in [5.74, 6) is -1.74. The van der Waals surface area contributed by atoms with Crippen molar-refractivity contribution in [2.75, 3.05) is 12.4 Å². The third-order valence-corrected chi connectivity index (χ3v) is 3.72. The minimum absolute atomic E-state index is 0.134. The molecule has 0 spiro atoms. The Bertz CT molecular complexity index is 498. The highest BCUT2D eigenvalue weighted by molar-refractivity contribution is 6.39. The molecule has 1 aliphatic carbocycles. The Morgan fingerprint density at radius 2 is 1.95 bits per heavy atom. The first-order valence-corrected chi connectivity index (χ1v) is 6.91. The molecule has 5 heteroatoms. The second-order valence-corrected chi connectivity index (χ2v) is 5.17. The van der Waals surface area contributed by atoms with Gasteiger partial charge in [0.15, 0.2) is 0 Å². The summed E-state index contributed by atoms with van der Waals surface area (Å²) < 4.78 is 13.0. The number of nitrogens with zero attached hydrogens (tertiary/aromatic N) is 1. The number of nitrogens with one attached hydrogen (secondary N) is 1. The van der Waals surface area contributed by atoms with E-state index < -0.39 is 17.6 Å². The van der Waals surface area contributed by atoms with Crippen LogP contribution in [0.2, 0.25) is 0 Å². The lowest BCUT2D eigenvalue weighted by Crippen LogP contribution is -2.44. The van der Waals surface area contributed by atoms with E-state index >= 15 is 0 Å². The fourth-order valence-electron chi connectivity index (χ4n) is 2.55. The van der Waals surface area contributed by atoms with Crippen LogP contribution in [0.15, 0.2) is 24.3 Å². The van der Waals surface area contributed by atoms with Crippen molar-refractivity contribution in [2.24, 2.45) is 0 Å². The summed E-state index contributed by atoms with van der Waals surface area (Å²) in [5, 5.41) is 2.43. The fourth-order valence-corrected chi connectivity index (χ4v) is 2.55. The van der Waals surface area contributed by atoms with Gasteiger partial charge in [-0.3, -0.25) is 9.59 Å². The van der Waals surface area contributed by atoms with Crippen LogP contribution in [0.3, 0.4) is 0 Å². The molecule has 1 aromatic carbocycles. The maximum atomic E-state index is 13.0. The van der Waals surface area contributed by atoms with E-state index in [0.29, 0.717) is 5.69 Å². The highest BCUT2D eigenvalue weighted by atomic mass is 19.1. The average Bonchev–Trinajstić information content (AvgIpc) is 2.46. The molecule has 1 N–H and O–H groups in total. The average molecular weight is 278 g/mol. The van der Waals surface area contributed by atoms with E-state index in [1.54, 1.807) is 13.1 Å². The molecule has 0 saturated heterocycles. The van der Waals surface area contributed by atoms with Gasteiger partial charge in [-0.1, -0.05) is 25.3 Å². The van der Waals surface area contributed by atoms with Crippen molar-refractivity contribution in [3.8, 4) is 0 Å². The summed E-state index contributed by atoms with van der Waals surface area (Å²) in [6, 6.07) is 5.64. The van der Waals surface area contributed by atoms with Crippen molar-refractivity contribution in [2.45, 2.75) is 38.1 Å². The Labute approximate surface area is 118 Å². The van der Waals surface area contributed by atoms with Gasteiger partial charge in [-0.2, -0.15) is 0 Å². The minimum Gasteiger partial charge on any atom is -0.335 e. The lowest BCUT2D eigenvalue weighted by molar-refractivity contribution is -0.144. The highest BCUT2D eigenvalue weighted by Crippen LogP contribution is 2.21. The molecule has 1 aromatic rings. The summed E-state index contributed by atoms with van der Waals surface area (Å²) >= 11 is 0. The summed E-state index contributed by atoms with van der Waals surface area (Å²) in [7, 11) is 1.66. The molecule has 0 heterocycles. The molecule has 0 unspecified atom stereocenters. The van der Waals surface area contributed by atoms with Gasteiger partial charge in [0.2, 0.25) is 0 Å². The first kappa shape index (κ1) is 14.5. The normalized spacial score (nSPS) is 15.7. The van der Waals surface area contributed by atoms with E-state index in [9.17, 15) is 14.0 Å². The van der Waals surface area contributed by atoms with Crippen LogP contribution in [0, 0.1) is 5.82 Å². The number of benzene rings is 1. The molecule has 1 saturated carbocycles. The minimum atomic E-state index is -0.719. The number of amides is 2. The predicted octanol–water partition coefficient (Wildman–Crippen LogP) is 2.56. The molecular weight excluding hydrogens is 259 g/mol. The van der Waals surface area contributed by atoms with Gasteiger partial charge in [0.05, 0.1) is 0 Å². The molecule has 4 nitrogen and oxygen atoms in total. The van der Waals surface area contributed by atoms with E-state index in [2.05, 4.69) is 5.32 Å². The Kier molecular flexibility index (Phi) is 4.71. The van der Waals surface area contributed by atoms with Crippen molar-refractivity contribution >= 4 is 17.5 Å². The molecule has 2 rings (SSSR count). The van der Waals surface area contributed by atoms with Gasteiger partial charge in [-0.15, -0.1) is 0 Å². The standard InChI is InChI=1S/C15H19FN2O2/c1-18(13-8-3-2-4-9-13)15(20)14(19)17-12-7-5-6-11(16)10-12/h5-7,10,13H,2-4,8-9H2,1H3,(H,17,19). The maximum absolute atomic E-state index is 13.0. The van der Waals surface area contributed by atoms with Crippen LogP contribution in [-0.4, -0.2) is 29.8 Å². The summed E-state index contributed by atoms with van der Waals surface area (Å²) in [6.45, 7) is 0. The number of hydrogen-bond acceptors (Lipinski definition) is 2. The van der Waals surface area contributed by atoms with Gasteiger partial charge >= 0.3 is 11.8 Å². The molecule has 0 atom stereocenters. The zero-order chi connectivity index (χ0) is 14.5. The number of likely N-dealkylation sites (N-methyl/N-ethyl adjacent to an activating group) is 1. The van der Waals surface area contributed by atoms with Crippen molar-refractivity contribution in [3.63, 3.8) is 0 Å². The van der Waals surface area contributed by atoms with Crippen LogP contribution in [0.25, 0.3) is 0 Å². The summed E-state index contributed by atoms with van der Waals surface area (Å²) in [6.07, 6.45) is 5.25. The molecule has 20 heavy (non-hydrogen) atoms. The second-order valence-electron chi connectivity index (χ2n) is 5.17. The lowest BCUT2D eigenvalue weighted by Gasteiger charge is -2.30. The summed E-state index contributed by atoms with van der Waals surface area (Å²) in [4.78, 5) is 25.4. The number of carbonyl (C=O) groups excluding carboxylic acids is 2. The number of rotatable bonds is 2. The zero-order valence-corrected chi connectivity index (χ0v) is 11.6. The topological polar surface area (TPSA) is 49.4 Å². The third kappa shape index (κ3) is 3.56. The van der Waals surface area contributed by atoms with E-state index in [0.717, 1.165) is 25.7 Å². The van der Waals surface area contributed by atoms with Gasteiger partial charge in [0.25, 0.3) is 0 Å². The lowest BCUT2D eigenvalue weighted by atomic mass is 9.94. The van der Waals surface area contributed by atoms with Crippen LogP contribution in [0.4, 0.5) is 10.1 Å². The monoisotopic (exact) mass is 278 g/mol. The highest BCUT2D eigenvalue weighted by Gasteiger charge is 2.26. The van der Waals surface area contributed by atoms with Crippen molar-refractivity contribution < 1.29 is 14.0 Å². The van der Waals surface area contributed by atoms with Crippen LogP contribution in [0.5, 0.6) is 0 Å². The van der Waals surface area contributed by atoms with Gasteiger partial charge < -0.3 is 10.2 Å². The SMILES string of the molecule is CN(C(=O)C(=O)Nc1cccc(F)c1)C1CCCCC1. The summed E-state index contributed by atoms with van der Waals surface area (Å²) in [5.41, 5.74) is 0.292. The van der Waals surface area contributed by atoms with Gasteiger partial charge in [0, 0.05) is 18.8 Å². The second kappa shape index (κ2) is 6.50. The van der Waals surface area contributed by atoms with Gasteiger partial charge in [-0.25, -0.2) is 4.39 Å². The van der Waals surface area contributed by atoms with Crippen molar-refractivity contribution in [1.82, 2.24) is 4.90 Å². The zero-order valence-electron chi connectivity index (χ0n) is 11.6. The Hall–Kier alpha value is -1.91. The Morgan fingerprint density at radius 1 is 1.25 bits per heavy atom. The van der Waals surface area contributed by atoms with Crippen molar-refractivity contribution in [1.29, 1.82) is 0 Å². The molecule has 0 aromatic heterocycles. The molecule has 0 radical (unpaired) electrons. The number of carbonyl (C=O) groups is 2. The Balaban J connectivity index is 1.95. The van der Waals surface area contributed by atoms with E-state index in [1.165, 1.54) is 29.5 Å². The molecule has 2 amide bonds. The number of halogens is 1. The number of anilines is 1. The maximum Gasteiger partial charge on any atom is 0.313 e. The molecule has 1 aliphatic rings. The van der Waals surface area contributed by atoms with Gasteiger partial charge in [0.1, 0.15) is 5.82 Å². The smallest absolute Gasteiger partial charge is 0.313 e. The number of hydrogen-bond donors (Lipinski definition) is 1. The molecule has 0 bridgehead atoms. The fraction of sp³-hybridized carbons (Fsp3) is 0.467. The predicted molar refractivity (Wildman–Crippen MR) is 74.7 cm³/mol. The molecule has 0 aliphatic heterocycles. The van der Waals surface area contributed by atoms with Crippen molar-refractivity contribution in [3.05, 3.63) is 30.1 Å². The first-order valence-electron chi connectivity index (χ1n) is 6.91. The first-order chi connectivity index (χ1) is 9.58. The van der Waals surface area contributed by atoms with Crippen LogP contribution in [0.1, 0.15) is 32.1 Å². The van der Waals surface area contributed by atoms with Gasteiger partial charge in [-0.05, 0) is 31.0 Å². The van der Waals surface area contributed by atoms with Crippen LogP contribution >= 0.6 is 0 Å². The third-order valence-electron chi connectivity index (χ3n) is 3.72. The van der Waals surface area contributed by atoms with Crippen LogP contribution in [-0.2, 0) is 9.59 Å². The van der Waals surface area contributed by atoms with E-state index in [4.69, 9.17) is 0 Å². The van der Waals surface area contributed by atoms with E-state index in [1.807, 2.05) is 0 Å². The quantitative estimate of drug-likeness (QED) is 0.845.